The summed E-state index contributed by atoms with van der Waals surface area (Å²) in [6.07, 6.45) is 0. The number of nitrogens with zero attached hydrogens (tertiary/aromatic N) is 1. The lowest BCUT2D eigenvalue weighted by molar-refractivity contribution is -0.133. The fraction of sp³-hybridized carbons (Fsp3) is 0.364. The third-order valence-electron chi connectivity index (χ3n) is 2.05. The number of phenolic OH excluding ortho intramolecular Hbond substituents is 1. The standard InChI is InChI=1S/C11H15NO3/c1-11(2,15)10(14)12(3)8-5-4-6-9(13)7-8/h4-7,13,15H,1-3H3. The molecule has 4 heteroatoms. The Kier molecular flexibility index (Phi) is 3.00. The molecule has 0 aliphatic rings. The fourth-order valence-corrected chi connectivity index (χ4v) is 1.23. The molecule has 1 aromatic rings. The number of phenols is 1. The molecule has 1 rings (SSSR count). The zero-order valence-electron chi connectivity index (χ0n) is 9.06. The van der Waals surface area contributed by atoms with Crippen LogP contribution in [-0.2, 0) is 4.79 Å². The first-order valence-corrected chi connectivity index (χ1v) is 4.62. The van der Waals surface area contributed by atoms with E-state index >= 15 is 0 Å². The van der Waals surface area contributed by atoms with E-state index in [2.05, 4.69) is 0 Å². The number of anilines is 1. The summed E-state index contributed by atoms with van der Waals surface area (Å²) in [5.74, 6) is -0.337. The Balaban J connectivity index is 2.95. The van der Waals surface area contributed by atoms with E-state index in [0.29, 0.717) is 5.69 Å². The molecule has 0 fully saturated rings. The third-order valence-corrected chi connectivity index (χ3v) is 2.05. The van der Waals surface area contributed by atoms with Crippen LogP contribution in [0.4, 0.5) is 5.69 Å². The van der Waals surface area contributed by atoms with Crippen molar-refractivity contribution in [3.8, 4) is 5.75 Å². The molecule has 4 nitrogen and oxygen atoms in total. The molecule has 15 heavy (non-hydrogen) atoms. The lowest BCUT2D eigenvalue weighted by Crippen LogP contribution is -2.43. The Hall–Kier alpha value is -1.55. The molecule has 0 bridgehead atoms. The van der Waals surface area contributed by atoms with Crippen LogP contribution in [0.3, 0.4) is 0 Å². The van der Waals surface area contributed by atoms with Gasteiger partial charge in [-0.05, 0) is 26.0 Å². The van der Waals surface area contributed by atoms with E-state index in [1.54, 1.807) is 19.2 Å². The molecule has 0 atom stereocenters. The normalized spacial score (nSPS) is 11.2. The summed E-state index contributed by atoms with van der Waals surface area (Å²) in [7, 11) is 1.55. The first-order chi connectivity index (χ1) is 6.82. The highest BCUT2D eigenvalue weighted by molar-refractivity contribution is 5.98. The van der Waals surface area contributed by atoms with Crippen molar-refractivity contribution in [1.82, 2.24) is 0 Å². The minimum atomic E-state index is -1.42. The summed E-state index contributed by atoms with van der Waals surface area (Å²) in [5, 5.41) is 18.8. The van der Waals surface area contributed by atoms with Gasteiger partial charge in [-0.1, -0.05) is 6.07 Å². The van der Waals surface area contributed by atoms with Gasteiger partial charge in [0.1, 0.15) is 11.4 Å². The summed E-state index contributed by atoms with van der Waals surface area (Å²) in [6.45, 7) is 2.85. The SMILES string of the molecule is CN(C(=O)C(C)(C)O)c1cccc(O)c1. The second kappa shape index (κ2) is 3.90. The second-order valence-corrected chi connectivity index (χ2v) is 3.94. The number of aromatic hydroxyl groups is 1. The molecule has 0 saturated heterocycles. The number of hydrogen-bond acceptors (Lipinski definition) is 3. The van der Waals surface area contributed by atoms with Gasteiger partial charge < -0.3 is 15.1 Å². The number of amides is 1. The Morgan fingerprint density at radius 2 is 2.00 bits per heavy atom. The predicted molar refractivity (Wildman–Crippen MR) is 57.8 cm³/mol. The smallest absolute Gasteiger partial charge is 0.258 e. The molecule has 0 aliphatic heterocycles. The Bertz CT molecular complexity index is 368. The molecular weight excluding hydrogens is 194 g/mol. The van der Waals surface area contributed by atoms with Crippen molar-refractivity contribution < 1.29 is 15.0 Å². The van der Waals surface area contributed by atoms with E-state index in [1.807, 2.05) is 0 Å². The van der Waals surface area contributed by atoms with Crippen molar-refractivity contribution in [2.75, 3.05) is 11.9 Å². The molecular formula is C11H15NO3. The van der Waals surface area contributed by atoms with Gasteiger partial charge in [0.05, 0.1) is 0 Å². The van der Waals surface area contributed by atoms with Gasteiger partial charge in [0.25, 0.3) is 5.91 Å². The van der Waals surface area contributed by atoms with E-state index in [-0.39, 0.29) is 5.75 Å². The Morgan fingerprint density at radius 1 is 1.40 bits per heavy atom. The van der Waals surface area contributed by atoms with Gasteiger partial charge >= 0.3 is 0 Å². The zero-order valence-corrected chi connectivity index (χ0v) is 9.06. The van der Waals surface area contributed by atoms with Crippen LogP contribution in [0.2, 0.25) is 0 Å². The summed E-state index contributed by atoms with van der Waals surface area (Å²) >= 11 is 0. The Labute approximate surface area is 88.8 Å². The topological polar surface area (TPSA) is 60.8 Å². The number of hydrogen-bond donors (Lipinski definition) is 2. The van der Waals surface area contributed by atoms with Crippen molar-refractivity contribution in [1.29, 1.82) is 0 Å². The highest BCUT2D eigenvalue weighted by Gasteiger charge is 2.28. The van der Waals surface area contributed by atoms with Gasteiger partial charge in [-0.3, -0.25) is 4.79 Å². The second-order valence-electron chi connectivity index (χ2n) is 3.94. The average molecular weight is 209 g/mol. The lowest BCUT2D eigenvalue weighted by Gasteiger charge is -2.25. The van der Waals surface area contributed by atoms with Crippen LogP contribution >= 0.6 is 0 Å². The van der Waals surface area contributed by atoms with Crippen molar-refractivity contribution in [2.45, 2.75) is 19.4 Å². The van der Waals surface area contributed by atoms with Crippen molar-refractivity contribution in [3.05, 3.63) is 24.3 Å². The molecule has 0 heterocycles. The molecule has 0 radical (unpaired) electrons. The van der Waals surface area contributed by atoms with Gasteiger partial charge in [-0.25, -0.2) is 0 Å². The number of aliphatic hydroxyl groups is 1. The van der Waals surface area contributed by atoms with E-state index in [1.165, 1.54) is 30.9 Å². The quantitative estimate of drug-likeness (QED) is 0.767. The number of carbonyl (C=O) groups excluding carboxylic acids is 1. The first kappa shape index (κ1) is 11.5. The van der Waals surface area contributed by atoms with Crippen LogP contribution in [0.5, 0.6) is 5.75 Å². The van der Waals surface area contributed by atoms with Crippen LogP contribution in [0.25, 0.3) is 0 Å². The summed E-state index contributed by atoms with van der Waals surface area (Å²) < 4.78 is 0. The van der Waals surface area contributed by atoms with E-state index < -0.39 is 11.5 Å². The highest BCUT2D eigenvalue weighted by Crippen LogP contribution is 2.21. The maximum atomic E-state index is 11.7. The van der Waals surface area contributed by atoms with Crippen LogP contribution in [0, 0.1) is 0 Å². The fourth-order valence-electron chi connectivity index (χ4n) is 1.23. The van der Waals surface area contributed by atoms with E-state index in [4.69, 9.17) is 0 Å². The summed E-state index contributed by atoms with van der Waals surface area (Å²) in [5.41, 5.74) is -0.873. The lowest BCUT2D eigenvalue weighted by atomic mass is 10.1. The number of carbonyl (C=O) groups is 1. The predicted octanol–water partition coefficient (Wildman–Crippen LogP) is 1.13. The highest BCUT2D eigenvalue weighted by atomic mass is 16.3. The van der Waals surface area contributed by atoms with Gasteiger partial charge in [0.2, 0.25) is 0 Å². The molecule has 1 aromatic carbocycles. The van der Waals surface area contributed by atoms with Crippen molar-refractivity contribution in [3.63, 3.8) is 0 Å². The molecule has 1 amide bonds. The number of benzene rings is 1. The van der Waals surface area contributed by atoms with Gasteiger partial charge in [0, 0.05) is 18.8 Å². The largest absolute Gasteiger partial charge is 0.508 e. The minimum absolute atomic E-state index is 0.0860. The van der Waals surface area contributed by atoms with Gasteiger partial charge in [0.15, 0.2) is 0 Å². The molecule has 0 aromatic heterocycles. The molecule has 82 valence electrons. The van der Waals surface area contributed by atoms with Crippen LogP contribution < -0.4 is 4.90 Å². The third kappa shape index (κ3) is 2.70. The molecule has 0 aliphatic carbocycles. The van der Waals surface area contributed by atoms with Gasteiger partial charge in [-0.2, -0.15) is 0 Å². The minimum Gasteiger partial charge on any atom is -0.508 e. The zero-order chi connectivity index (χ0) is 11.6. The number of likely N-dealkylation sites (N-methyl/N-ethyl adjacent to an activating group) is 1. The molecule has 0 saturated carbocycles. The number of rotatable bonds is 2. The summed E-state index contributed by atoms with van der Waals surface area (Å²) in [6, 6.07) is 6.30. The molecule has 0 spiro atoms. The van der Waals surface area contributed by atoms with Crippen LogP contribution in [-0.4, -0.2) is 28.8 Å². The molecule has 2 N–H and O–H groups in total. The van der Waals surface area contributed by atoms with E-state index in [9.17, 15) is 15.0 Å². The maximum absolute atomic E-state index is 11.7. The van der Waals surface area contributed by atoms with Crippen molar-refractivity contribution in [2.24, 2.45) is 0 Å². The van der Waals surface area contributed by atoms with E-state index in [0.717, 1.165) is 0 Å². The average Bonchev–Trinajstić information content (AvgIpc) is 2.14. The summed E-state index contributed by atoms with van der Waals surface area (Å²) in [4.78, 5) is 13.0. The monoisotopic (exact) mass is 209 g/mol. The Morgan fingerprint density at radius 3 is 2.47 bits per heavy atom. The first-order valence-electron chi connectivity index (χ1n) is 4.62. The van der Waals surface area contributed by atoms with Crippen molar-refractivity contribution >= 4 is 11.6 Å². The maximum Gasteiger partial charge on any atom is 0.258 e. The molecule has 0 unspecified atom stereocenters. The van der Waals surface area contributed by atoms with Crippen LogP contribution in [0.1, 0.15) is 13.8 Å². The van der Waals surface area contributed by atoms with Crippen LogP contribution in [0.15, 0.2) is 24.3 Å². The van der Waals surface area contributed by atoms with Gasteiger partial charge in [-0.15, -0.1) is 0 Å².